The molecule has 21 heavy (non-hydrogen) atoms. The Morgan fingerprint density at radius 3 is 2.71 bits per heavy atom. The number of imidazole rings is 1. The lowest BCUT2D eigenvalue weighted by Gasteiger charge is -2.11. The van der Waals surface area contributed by atoms with Crippen LogP contribution in [0.4, 0.5) is 5.69 Å². The van der Waals surface area contributed by atoms with Crippen molar-refractivity contribution in [3.05, 3.63) is 54.1 Å². The summed E-state index contributed by atoms with van der Waals surface area (Å²) < 4.78 is 0. The van der Waals surface area contributed by atoms with E-state index < -0.39 is 0 Å². The molecular formula is C16H20N4O. The molecule has 0 aliphatic carbocycles. The molecule has 1 aromatic carbocycles. The first kappa shape index (κ1) is 14.8. The van der Waals surface area contributed by atoms with E-state index in [1.807, 2.05) is 49.3 Å². The molecule has 0 saturated heterocycles. The number of carbonyl (C=O) groups excluding carboxylic acids is 1. The number of H-pyrrole nitrogens is 1. The Hall–Kier alpha value is -2.56. The number of nitrogens with zero attached hydrogens (tertiary/aromatic N) is 2. The first-order chi connectivity index (χ1) is 10.1. The first-order valence-electron chi connectivity index (χ1n) is 6.86. The van der Waals surface area contributed by atoms with Crippen LogP contribution < -0.4 is 10.2 Å². The van der Waals surface area contributed by atoms with Gasteiger partial charge in [0.15, 0.2) is 0 Å². The average molecular weight is 284 g/mol. The molecule has 0 unspecified atom stereocenters. The predicted molar refractivity (Wildman–Crippen MR) is 85.1 cm³/mol. The molecule has 0 saturated carbocycles. The first-order valence-corrected chi connectivity index (χ1v) is 6.86. The van der Waals surface area contributed by atoms with Crippen molar-refractivity contribution in [1.82, 2.24) is 15.3 Å². The Morgan fingerprint density at radius 2 is 2.10 bits per heavy atom. The fourth-order valence-corrected chi connectivity index (χ4v) is 1.86. The molecular weight excluding hydrogens is 264 g/mol. The van der Waals surface area contributed by atoms with Crippen LogP contribution in [0.3, 0.4) is 0 Å². The molecule has 0 aliphatic heterocycles. The van der Waals surface area contributed by atoms with E-state index in [-0.39, 0.29) is 5.91 Å². The van der Waals surface area contributed by atoms with Crippen LogP contribution >= 0.6 is 0 Å². The van der Waals surface area contributed by atoms with Crippen LogP contribution in [0.5, 0.6) is 0 Å². The Kier molecular flexibility index (Phi) is 5.15. The summed E-state index contributed by atoms with van der Waals surface area (Å²) in [6, 6.07) is 8.03. The summed E-state index contributed by atoms with van der Waals surface area (Å²) in [5.41, 5.74) is 3.15. The minimum absolute atomic E-state index is 0.0915. The van der Waals surface area contributed by atoms with Gasteiger partial charge in [-0.05, 0) is 23.8 Å². The van der Waals surface area contributed by atoms with E-state index in [1.54, 1.807) is 18.6 Å². The highest BCUT2D eigenvalue weighted by Gasteiger charge is 1.98. The molecule has 2 N–H and O–H groups in total. The van der Waals surface area contributed by atoms with Gasteiger partial charge in [0, 0.05) is 50.7 Å². The predicted octanol–water partition coefficient (Wildman–Crippen LogP) is 1.85. The number of benzene rings is 1. The van der Waals surface area contributed by atoms with Crippen LogP contribution in [0.25, 0.3) is 6.08 Å². The third kappa shape index (κ3) is 4.80. The van der Waals surface area contributed by atoms with Crippen molar-refractivity contribution in [2.24, 2.45) is 0 Å². The third-order valence-corrected chi connectivity index (χ3v) is 3.09. The van der Waals surface area contributed by atoms with E-state index in [4.69, 9.17) is 0 Å². The molecule has 2 rings (SSSR count). The summed E-state index contributed by atoms with van der Waals surface area (Å²) in [6.07, 6.45) is 7.50. The second kappa shape index (κ2) is 7.28. The van der Waals surface area contributed by atoms with E-state index in [2.05, 4.69) is 15.3 Å². The van der Waals surface area contributed by atoms with Gasteiger partial charge in [0.1, 0.15) is 0 Å². The van der Waals surface area contributed by atoms with Gasteiger partial charge in [0.25, 0.3) is 0 Å². The second-order valence-corrected chi connectivity index (χ2v) is 4.94. The summed E-state index contributed by atoms with van der Waals surface area (Å²) in [4.78, 5) is 20.7. The average Bonchev–Trinajstić information content (AvgIpc) is 2.99. The van der Waals surface area contributed by atoms with E-state index in [0.29, 0.717) is 6.54 Å². The molecule has 0 atom stereocenters. The van der Waals surface area contributed by atoms with Gasteiger partial charge in [-0.3, -0.25) is 4.79 Å². The fraction of sp³-hybridized carbons (Fsp3) is 0.250. The standard InChI is InChI=1S/C16H20N4O/c1-20(2)15-6-3-13(4-7-15)5-8-16(21)18-10-9-14-11-17-12-19-14/h3-8,11-12H,9-10H2,1-2H3,(H,17,19)(H,18,21). The lowest BCUT2D eigenvalue weighted by Crippen LogP contribution is -2.23. The number of aromatic nitrogens is 2. The molecule has 110 valence electrons. The van der Waals surface area contributed by atoms with Crippen molar-refractivity contribution >= 4 is 17.7 Å². The van der Waals surface area contributed by atoms with Crippen molar-refractivity contribution in [1.29, 1.82) is 0 Å². The van der Waals surface area contributed by atoms with E-state index in [1.165, 1.54) is 0 Å². The monoisotopic (exact) mass is 284 g/mol. The topological polar surface area (TPSA) is 61.0 Å². The summed E-state index contributed by atoms with van der Waals surface area (Å²) >= 11 is 0. The highest BCUT2D eigenvalue weighted by molar-refractivity contribution is 5.91. The smallest absolute Gasteiger partial charge is 0.244 e. The summed E-state index contributed by atoms with van der Waals surface area (Å²) in [6.45, 7) is 0.588. The van der Waals surface area contributed by atoms with Crippen LogP contribution in [0, 0.1) is 0 Å². The number of anilines is 1. The molecule has 0 radical (unpaired) electrons. The molecule has 2 aromatic rings. The second-order valence-electron chi connectivity index (χ2n) is 4.94. The molecule has 0 aliphatic rings. The van der Waals surface area contributed by atoms with Crippen LogP contribution in [-0.2, 0) is 11.2 Å². The maximum absolute atomic E-state index is 11.7. The summed E-state index contributed by atoms with van der Waals surface area (Å²) in [5.74, 6) is -0.0915. The SMILES string of the molecule is CN(C)c1ccc(C=CC(=O)NCCc2cnc[nH]2)cc1. The Balaban J connectivity index is 1.78. The minimum atomic E-state index is -0.0915. The van der Waals surface area contributed by atoms with Crippen LogP contribution in [0.2, 0.25) is 0 Å². The number of nitrogens with one attached hydrogen (secondary N) is 2. The van der Waals surface area contributed by atoms with Gasteiger partial charge < -0.3 is 15.2 Å². The molecule has 5 heteroatoms. The van der Waals surface area contributed by atoms with Gasteiger partial charge in [-0.25, -0.2) is 4.98 Å². The summed E-state index contributed by atoms with van der Waals surface area (Å²) in [7, 11) is 4.00. The Bertz CT molecular complexity index is 585. The normalized spacial score (nSPS) is 10.8. The number of rotatable bonds is 6. The maximum atomic E-state index is 11.7. The zero-order valence-corrected chi connectivity index (χ0v) is 12.3. The zero-order chi connectivity index (χ0) is 15.1. The highest BCUT2D eigenvalue weighted by atomic mass is 16.1. The molecule has 1 amide bonds. The number of amides is 1. The van der Waals surface area contributed by atoms with Gasteiger partial charge in [-0.2, -0.15) is 0 Å². The number of aromatic amines is 1. The van der Waals surface area contributed by atoms with E-state index in [9.17, 15) is 4.79 Å². The molecule has 1 aromatic heterocycles. The summed E-state index contributed by atoms with van der Waals surface area (Å²) in [5, 5.41) is 2.84. The molecule has 0 bridgehead atoms. The quantitative estimate of drug-likeness (QED) is 0.796. The Morgan fingerprint density at radius 1 is 1.33 bits per heavy atom. The van der Waals surface area contributed by atoms with Gasteiger partial charge in [-0.1, -0.05) is 12.1 Å². The Labute approximate surface area is 124 Å². The minimum Gasteiger partial charge on any atom is -0.378 e. The van der Waals surface area contributed by atoms with Crippen LogP contribution in [0.15, 0.2) is 42.9 Å². The molecule has 5 nitrogen and oxygen atoms in total. The largest absolute Gasteiger partial charge is 0.378 e. The van der Waals surface area contributed by atoms with Crippen molar-refractivity contribution in [3.8, 4) is 0 Å². The third-order valence-electron chi connectivity index (χ3n) is 3.09. The number of hydrogen-bond acceptors (Lipinski definition) is 3. The van der Waals surface area contributed by atoms with Crippen molar-refractivity contribution < 1.29 is 4.79 Å². The number of hydrogen-bond donors (Lipinski definition) is 2. The van der Waals surface area contributed by atoms with Gasteiger partial charge in [-0.15, -0.1) is 0 Å². The lowest BCUT2D eigenvalue weighted by atomic mass is 10.2. The molecule has 1 heterocycles. The van der Waals surface area contributed by atoms with Crippen molar-refractivity contribution in [2.45, 2.75) is 6.42 Å². The van der Waals surface area contributed by atoms with Gasteiger partial charge in [0.05, 0.1) is 6.33 Å². The number of carbonyl (C=O) groups is 1. The zero-order valence-electron chi connectivity index (χ0n) is 12.3. The van der Waals surface area contributed by atoms with E-state index >= 15 is 0 Å². The van der Waals surface area contributed by atoms with E-state index in [0.717, 1.165) is 23.4 Å². The van der Waals surface area contributed by atoms with Crippen LogP contribution in [0.1, 0.15) is 11.3 Å². The van der Waals surface area contributed by atoms with Crippen molar-refractivity contribution in [2.75, 3.05) is 25.5 Å². The van der Waals surface area contributed by atoms with Gasteiger partial charge in [0.2, 0.25) is 5.91 Å². The lowest BCUT2D eigenvalue weighted by molar-refractivity contribution is -0.116. The van der Waals surface area contributed by atoms with Crippen molar-refractivity contribution in [3.63, 3.8) is 0 Å². The van der Waals surface area contributed by atoms with Crippen LogP contribution in [-0.4, -0.2) is 36.5 Å². The molecule has 0 spiro atoms. The van der Waals surface area contributed by atoms with Gasteiger partial charge >= 0.3 is 0 Å². The molecule has 0 fully saturated rings. The maximum Gasteiger partial charge on any atom is 0.244 e. The fourth-order valence-electron chi connectivity index (χ4n) is 1.86. The highest BCUT2D eigenvalue weighted by Crippen LogP contribution is 2.12.